The minimum absolute atomic E-state index is 0.0149. The first-order chi connectivity index (χ1) is 8.93. The number of carbonyl (C=O) groups excluding carboxylic acids is 1. The van der Waals surface area contributed by atoms with Crippen LogP contribution in [0.2, 0.25) is 0 Å². The minimum Gasteiger partial charge on any atom is -0.325 e. The Morgan fingerprint density at radius 2 is 1.84 bits per heavy atom. The number of carbonyl (C=O) groups is 1. The molecule has 0 spiro atoms. The molecule has 0 fully saturated rings. The van der Waals surface area contributed by atoms with Gasteiger partial charge in [-0.25, -0.2) is 0 Å². The Morgan fingerprint density at radius 3 is 2.47 bits per heavy atom. The summed E-state index contributed by atoms with van der Waals surface area (Å²) in [5.41, 5.74) is 2.06. The van der Waals surface area contributed by atoms with Crippen LogP contribution in [0, 0.1) is 0 Å². The standard InChI is InChI=1S/C16H18BrNO/c1-16(2,3)13-9-8-11-6-4-5-7-12(11)15(13)18-14(19)10-17/h4-9H,10H2,1-3H3,(H,18,19). The Labute approximate surface area is 122 Å². The van der Waals surface area contributed by atoms with Crippen molar-refractivity contribution in [2.45, 2.75) is 26.2 Å². The molecular weight excluding hydrogens is 302 g/mol. The Balaban J connectivity index is 2.68. The molecular formula is C16H18BrNO. The Kier molecular flexibility index (Phi) is 3.95. The summed E-state index contributed by atoms with van der Waals surface area (Å²) in [4.78, 5) is 11.7. The van der Waals surface area contributed by atoms with Gasteiger partial charge in [-0.3, -0.25) is 4.79 Å². The van der Waals surface area contributed by atoms with Gasteiger partial charge in [0.25, 0.3) is 0 Å². The lowest BCUT2D eigenvalue weighted by atomic mass is 9.84. The first-order valence-electron chi connectivity index (χ1n) is 6.31. The molecule has 0 aliphatic heterocycles. The van der Waals surface area contributed by atoms with Crippen LogP contribution in [0.15, 0.2) is 36.4 Å². The molecule has 0 bridgehead atoms. The zero-order valence-corrected chi connectivity index (χ0v) is 13.0. The number of amides is 1. The molecule has 100 valence electrons. The average Bonchev–Trinajstić information content (AvgIpc) is 2.37. The fraction of sp³-hybridized carbons (Fsp3) is 0.312. The number of halogens is 1. The second-order valence-corrected chi connectivity index (χ2v) is 6.20. The van der Waals surface area contributed by atoms with E-state index in [4.69, 9.17) is 0 Å². The van der Waals surface area contributed by atoms with Gasteiger partial charge in [-0.05, 0) is 16.4 Å². The third-order valence-corrected chi connectivity index (χ3v) is 3.63. The van der Waals surface area contributed by atoms with Gasteiger partial charge in [-0.15, -0.1) is 0 Å². The maximum absolute atomic E-state index is 11.7. The molecule has 0 atom stereocenters. The van der Waals surface area contributed by atoms with Crippen molar-refractivity contribution in [3.63, 3.8) is 0 Å². The summed E-state index contributed by atoms with van der Waals surface area (Å²) in [6, 6.07) is 12.3. The number of benzene rings is 2. The molecule has 0 aliphatic carbocycles. The highest BCUT2D eigenvalue weighted by atomic mass is 79.9. The summed E-state index contributed by atoms with van der Waals surface area (Å²) in [7, 11) is 0. The first kappa shape index (κ1) is 14.1. The average molecular weight is 320 g/mol. The van der Waals surface area contributed by atoms with E-state index in [1.807, 2.05) is 12.1 Å². The fourth-order valence-electron chi connectivity index (χ4n) is 2.20. The third kappa shape index (κ3) is 2.98. The van der Waals surface area contributed by atoms with E-state index < -0.39 is 0 Å². The third-order valence-electron chi connectivity index (χ3n) is 3.12. The van der Waals surface area contributed by atoms with Crippen molar-refractivity contribution in [3.05, 3.63) is 42.0 Å². The fourth-order valence-corrected chi connectivity index (χ4v) is 2.34. The molecule has 0 saturated heterocycles. The van der Waals surface area contributed by atoms with Crippen LogP contribution in [0.5, 0.6) is 0 Å². The van der Waals surface area contributed by atoms with Crippen molar-refractivity contribution < 1.29 is 4.79 Å². The van der Waals surface area contributed by atoms with E-state index >= 15 is 0 Å². The van der Waals surface area contributed by atoms with Crippen LogP contribution in [0.3, 0.4) is 0 Å². The zero-order valence-electron chi connectivity index (χ0n) is 11.5. The maximum atomic E-state index is 11.7. The highest BCUT2D eigenvalue weighted by Crippen LogP contribution is 2.35. The molecule has 2 aromatic rings. The van der Waals surface area contributed by atoms with Crippen molar-refractivity contribution in [2.75, 3.05) is 10.6 Å². The lowest BCUT2D eigenvalue weighted by molar-refractivity contribution is -0.113. The lowest BCUT2D eigenvalue weighted by Crippen LogP contribution is -2.19. The van der Waals surface area contributed by atoms with Gasteiger partial charge >= 0.3 is 0 Å². The molecule has 0 heterocycles. The first-order valence-corrected chi connectivity index (χ1v) is 7.43. The maximum Gasteiger partial charge on any atom is 0.235 e. The monoisotopic (exact) mass is 319 g/mol. The van der Waals surface area contributed by atoms with Crippen LogP contribution in [0.4, 0.5) is 5.69 Å². The molecule has 0 radical (unpaired) electrons. The molecule has 2 aromatic carbocycles. The normalized spacial score (nSPS) is 11.6. The summed E-state index contributed by atoms with van der Waals surface area (Å²) in [6.45, 7) is 6.46. The smallest absolute Gasteiger partial charge is 0.235 e. The van der Waals surface area contributed by atoms with Crippen LogP contribution in [0.1, 0.15) is 26.3 Å². The molecule has 0 unspecified atom stereocenters. The van der Waals surface area contributed by atoms with E-state index in [2.05, 4.69) is 66.3 Å². The Morgan fingerprint density at radius 1 is 1.16 bits per heavy atom. The SMILES string of the molecule is CC(C)(C)c1ccc2ccccc2c1NC(=O)CBr. The van der Waals surface area contributed by atoms with E-state index in [0.29, 0.717) is 5.33 Å². The van der Waals surface area contributed by atoms with Crippen molar-refractivity contribution in [2.24, 2.45) is 0 Å². The second kappa shape index (κ2) is 5.33. The van der Waals surface area contributed by atoms with Crippen LogP contribution in [-0.2, 0) is 10.2 Å². The van der Waals surface area contributed by atoms with E-state index in [1.54, 1.807) is 0 Å². The predicted molar refractivity (Wildman–Crippen MR) is 85.1 cm³/mol. The molecule has 19 heavy (non-hydrogen) atoms. The van der Waals surface area contributed by atoms with E-state index in [-0.39, 0.29) is 11.3 Å². The molecule has 2 nitrogen and oxygen atoms in total. The number of hydrogen-bond donors (Lipinski definition) is 1. The summed E-state index contributed by atoms with van der Waals surface area (Å²) in [5.74, 6) is -0.0261. The number of anilines is 1. The van der Waals surface area contributed by atoms with Gasteiger partial charge in [0.2, 0.25) is 5.91 Å². The van der Waals surface area contributed by atoms with Crippen LogP contribution >= 0.6 is 15.9 Å². The lowest BCUT2D eigenvalue weighted by Gasteiger charge is -2.24. The summed E-state index contributed by atoms with van der Waals surface area (Å²) >= 11 is 3.20. The second-order valence-electron chi connectivity index (χ2n) is 5.64. The number of hydrogen-bond acceptors (Lipinski definition) is 1. The van der Waals surface area contributed by atoms with Gasteiger partial charge < -0.3 is 5.32 Å². The number of rotatable bonds is 2. The van der Waals surface area contributed by atoms with Gasteiger partial charge in [0.05, 0.1) is 11.0 Å². The van der Waals surface area contributed by atoms with Crippen molar-refractivity contribution >= 4 is 38.3 Å². The molecule has 0 aliphatic rings. The molecule has 1 N–H and O–H groups in total. The summed E-state index contributed by atoms with van der Waals surface area (Å²) < 4.78 is 0. The number of nitrogens with one attached hydrogen (secondary N) is 1. The highest BCUT2D eigenvalue weighted by Gasteiger charge is 2.20. The highest BCUT2D eigenvalue weighted by molar-refractivity contribution is 9.09. The minimum atomic E-state index is -0.0261. The summed E-state index contributed by atoms with van der Waals surface area (Å²) in [6.07, 6.45) is 0. The van der Waals surface area contributed by atoms with Gasteiger partial charge in [0.1, 0.15) is 0 Å². The molecule has 2 rings (SSSR count). The van der Waals surface area contributed by atoms with Crippen LogP contribution in [-0.4, -0.2) is 11.2 Å². The van der Waals surface area contributed by atoms with Crippen molar-refractivity contribution in [1.82, 2.24) is 0 Å². The van der Waals surface area contributed by atoms with E-state index in [1.165, 1.54) is 0 Å². The molecule has 0 saturated carbocycles. The van der Waals surface area contributed by atoms with Crippen LogP contribution in [0.25, 0.3) is 10.8 Å². The largest absolute Gasteiger partial charge is 0.325 e. The van der Waals surface area contributed by atoms with E-state index in [9.17, 15) is 4.79 Å². The number of fused-ring (bicyclic) bond motifs is 1. The van der Waals surface area contributed by atoms with Gasteiger partial charge in [0.15, 0.2) is 0 Å². The molecule has 1 amide bonds. The van der Waals surface area contributed by atoms with Gasteiger partial charge in [-0.2, -0.15) is 0 Å². The van der Waals surface area contributed by atoms with Crippen molar-refractivity contribution in [1.29, 1.82) is 0 Å². The molecule has 0 aromatic heterocycles. The number of alkyl halides is 1. The van der Waals surface area contributed by atoms with Crippen molar-refractivity contribution in [3.8, 4) is 0 Å². The van der Waals surface area contributed by atoms with Gasteiger partial charge in [0, 0.05) is 5.39 Å². The molecule has 3 heteroatoms. The summed E-state index contributed by atoms with van der Waals surface area (Å²) in [5, 5.41) is 5.56. The topological polar surface area (TPSA) is 29.1 Å². The Bertz CT molecular complexity index is 614. The zero-order chi connectivity index (χ0) is 14.0. The predicted octanol–water partition coefficient (Wildman–Crippen LogP) is 4.47. The quantitative estimate of drug-likeness (QED) is 0.813. The van der Waals surface area contributed by atoms with Crippen LogP contribution < -0.4 is 5.32 Å². The Hall–Kier alpha value is -1.35. The van der Waals surface area contributed by atoms with Gasteiger partial charge in [-0.1, -0.05) is 73.1 Å². The van der Waals surface area contributed by atoms with E-state index in [0.717, 1.165) is 22.0 Å².